The number of hydrogen-bond acceptors (Lipinski definition) is 3. The van der Waals surface area contributed by atoms with E-state index < -0.39 is 0 Å². The molecule has 2 N–H and O–H groups in total. The van der Waals surface area contributed by atoms with Crippen molar-refractivity contribution in [3.63, 3.8) is 0 Å². The van der Waals surface area contributed by atoms with E-state index in [2.05, 4.69) is 43.1 Å². The number of nitrogens with zero attached hydrogens (tertiary/aromatic N) is 1. The fraction of sp³-hybridized carbons (Fsp3) is 0.625. The van der Waals surface area contributed by atoms with Crippen molar-refractivity contribution in [2.24, 2.45) is 0 Å². The lowest BCUT2D eigenvalue weighted by molar-refractivity contribution is 0.0939. The average Bonchev–Trinajstić information content (AvgIpc) is 2.49. The summed E-state index contributed by atoms with van der Waals surface area (Å²) in [7, 11) is 1.92. The molecule has 0 saturated heterocycles. The summed E-state index contributed by atoms with van der Waals surface area (Å²) < 4.78 is 0. The van der Waals surface area contributed by atoms with Crippen LogP contribution >= 0.6 is 0 Å². The number of hydrogen-bond donors (Lipinski definition) is 2. The molecule has 0 bridgehead atoms. The van der Waals surface area contributed by atoms with E-state index in [1.54, 1.807) is 0 Å². The van der Waals surface area contributed by atoms with Gasteiger partial charge in [-0.1, -0.05) is 44.2 Å². The summed E-state index contributed by atoms with van der Waals surface area (Å²) in [6.45, 7) is 8.53. The summed E-state index contributed by atoms with van der Waals surface area (Å²) in [6.07, 6.45) is 1.12. The van der Waals surface area contributed by atoms with E-state index >= 15 is 0 Å². The minimum Gasteiger partial charge on any atom is -0.394 e. The Morgan fingerprint density at radius 2 is 1.89 bits per heavy atom. The van der Waals surface area contributed by atoms with Crippen LogP contribution in [0.15, 0.2) is 30.3 Å². The molecule has 1 rings (SSSR count). The first-order valence-corrected chi connectivity index (χ1v) is 7.22. The molecule has 1 aromatic carbocycles. The molecule has 0 spiro atoms. The van der Waals surface area contributed by atoms with Crippen molar-refractivity contribution < 1.29 is 5.11 Å². The van der Waals surface area contributed by atoms with E-state index in [-0.39, 0.29) is 12.1 Å². The number of benzene rings is 1. The molecule has 0 aliphatic carbocycles. The molecular formula is C16H28N2O. The molecule has 0 radical (unpaired) electrons. The first kappa shape index (κ1) is 16.2. The van der Waals surface area contributed by atoms with Gasteiger partial charge in [-0.2, -0.15) is 0 Å². The van der Waals surface area contributed by atoms with E-state index in [1.807, 2.05) is 25.2 Å². The van der Waals surface area contributed by atoms with Crippen molar-refractivity contribution in [3.8, 4) is 0 Å². The zero-order valence-corrected chi connectivity index (χ0v) is 12.7. The van der Waals surface area contributed by atoms with E-state index in [1.165, 1.54) is 0 Å². The van der Waals surface area contributed by atoms with Crippen LogP contribution in [0.4, 0.5) is 0 Å². The molecule has 2 unspecified atom stereocenters. The minimum absolute atomic E-state index is 0.0977. The smallest absolute Gasteiger partial charge is 0.0795 e. The van der Waals surface area contributed by atoms with E-state index in [4.69, 9.17) is 0 Å². The van der Waals surface area contributed by atoms with Crippen LogP contribution < -0.4 is 5.32 Å². The molecule has 3 heteroatoms. The van der Waals surface area contributed by atoms with Crippen LogP contribution in [0, 0.1) is 0 Å². The van der Waals surface area contributed by atoms with Crippen LogP contribution in [0.25, 0.3) is 0 Å². The molecule has 0 aliphatic heterocycles. The molecule has 0 heterocycles. The maximum Gasteiger partial charge on any atom is 0.0795 e. The third-order valence-electron chi connectivity index (χ3n) is 4.17. The van der Waals surface area contributed by atoms with Crippen LogP contribution in [0.1, 0.15) is 32.8 Å². The van der Waals surface area contributed by atoms with Gasteiger partial charge in [0.05, 0.1) is 12.1 Å². The Hall–Kier alpha value is -0.900. The predicted molar refractivity (Wildman–Crippen MR) is 81.3 cm³/mol. The maximum atomic E-state index is 9.94. The second-order valence-electron chi connectivity index (χ2n) is 5.18. The van der Waals surface area contributed by atoms with Gasteiger partial charge >= 0.3 is 0 Å². The predicted octanol–water partition coefficient (Wildman–Crippen LogP) is 2.21. The SMILES string of the molecule is CCC(C)N(CC)CC(CO)(NC)c1ccccc1. The molecule has 19 heavy (non-hydrogen) atoms. The fourth-order valence-corrected chi connectivity index (χ4v) is 2.48. The third kappa shape index (κ3) is 3.78. The monoisotopic (exact) mass is 264 g/mol. The largest absolute Gasteiger partial charge is 0.394 e. The van der Waals surface area contributed by atoms with Gasteiger partial charge in [0.15, 0.2) is 0 Å². The first-order chi connectivity index (χ1) is 9.13. The maximum absolute atomic E-state index is 9.94. The van der Waals surface area contributed by atoms with Gasteiger partial charge in [-0.25, -0.2) is 0 Å². The highest BCUT2D eigenvalue weighted by atomic mass is 16.3. The van der Waals surface area contributed by atoms with Crippen molar-refractivity contribution in [1.29, 1.82) is 0 Å². The molecule has 0 saturated carbocycles. The van der Waals surface area contributed by atoms with Gasteiger partial charge in [-0.3, -0.25) is 4.90 Å². The lowest BCUT2D eigenvalue weighted by Crippen LogP contribution is -2.54. The quantitative estimate of drug-likeness (QED) is 0.756. The summed E-state index contributed by atoms with van der Waals surface area (Å²) in [4.78, 5) is 2.42. The van der Waals surface area contributed by atoms with Crippen LogP contribution in [0.3, 0.4) is 0 Å². The van der Waals surface area contributed by atoms with Crippen molar-refractivity contribution in [3.05, 3.63) is 35.9 Å². The Kier molecular flexibility index (Phi) is 6.49. The number of aliphatic hydroxyl groups is 1. The summed E-state index contributed by atoms with van der Waals surface area (Å²) in [6, 6.07) is 10.7. The van der Waals surface area contributed by atoms with Gasteiger partial charge in [0, 0.05) is 12.6 Å². The fourth-order valence-electron chi connectivity index (χ4n) is 2.48. The summed E-state index contributed by atoms with van der Waals surface area (Å²) in [5.41, 5.74) is 0.752. The van der Waals surface area contributed by atoms with Crippen molar-refractivity contribution >= 4 is 0 Å². The van der Waals surface area contributed by atoms with Gasteiger partial charge < -0.3 is 10.4 Å². The Labute approximate surface area is 117 Å². The highest BCUT2D eigenvalue weighted by Gasteiger charge is 2.32. The van der Waals surface area contributed by atoms with Gasteiger partial charge in [0.25, 0.3) is 0 Å². The highest BCUT2D eigenvalue weighted by molar-refractivity contribution is 5.25. The van der Waals surface area contributed by atoms with Crippen LogP contribution in [-0.2, 0) is 5.54 Å². The topological polar surface area (TPSA) is 35.5 Å². The van der Waals surface area contributed by atoms with Gasteiger partial charge in [0.2, 0.25) is 0 Å². The Morgan fingerprint density at radius 1 is 1.26 bits per heavy atom. The molecule has 108 valence electrons. The molecular weight excluding hydrogens is 236 g/mol. The first-order valence-electron chi connectivity index (χ1n) is 7.22. The normalized spacial score (nSPS) is 16.3. The molecule has 3 nitrogen and oxygen atoms in total. The Bertz CT molecular complexity index is 349. The molecule has 0 aliphatic rings. The molecule has 0 amide bonds. The van der Waals surface area contributed by atoms with Crippen LogP contribution in [0.2, 0.25) is 0 Å². The van der Waals surface area contributed by atoms with E-state index in [0.29, 0.717) is 6.04 Å². The standard InChI is InChI=1S/C16H28N2O/c1-5-14(3)18(6-2)12-16(13-19,17-4)15-10-8-7-9-11-15/h7-11,14,17,19H,5-6,12-13H2,1-4H3. The second kappa shape index (κ2) is 7.63. The number of rotatable bonds is 8. The molecule has 2 atom stereocenters. The van der Waals surface area contributed by atoms with E-state index in [9.17, 15) is 5.11 Å². The van der Waals surface area contributed by atoms with E-state index in [0.717, 1.165) is 25.1 Å². The molecule has 0 aromatic heterocycles. The van der Waals surface area contributed by atoms with Gasteiger partial charge in [-0.15, -0.1) is 0 Å². The molecule has 0 fully saturated rings. The van der Waals surface area contributed by atoms with Crippen molar-refractivity contribution in [2.45, 2.75) is 38.8 Å². The summed E-state index contributed by atoms with van der Waals surface area (Å²) >= 11 is 0. The Morgan fingerprint density at radius 3 is 2.32 bits per heavy atom. The van der Waals surface area contributed by atoms with Crippen molar-refractivity contribution in [2.75, 3.05) is 26.7 Å². The van der Waals surface area contributed by atoms with Crippen LogP contribution in [-0.4, -0.2) is 42.8 Å². The lowest BCUT2D eigenvalue weighted by atomic mass is 9.89. The lowest BCUT2D eigenvalue weighted by Gasteiger charge is -2.39. The summed E-state index contributed by atoms with van der Waals surface area (Å²) in [5, 5.41) is 13.3. The Balaban J connectivity index is 3.00. The molecule has 1 aromatic rings. The number of nitrogens with one attached hydrogen (secondary N) is 1. The van der Waals surface area contributed by atoms with Crippen molar-refractivity contribution in [1.82, 2.24) is 10.2 Å². The zero-order chi connectivity index (χ0) is 14.3. The number of aliphatic hydroxyl groups excluding tert-OH is 1. The van der Waals surface area contributed by atoms with Gasteiger partial charge in [-0.05, 0) is 32.5 Å². The third-order valence-corrected chi connectivity index (χ3v) is 4.17. The average molecular weight is 264 g/mol. The zero-order valence-electron chi connectivity index (χ0n) is 12.7. The van der Waals surface area contributed by atoms with Gasteiger partial charge in [0.1, 0.15) is 0 Å². The number of likely N-dealkylation sites (N-methyl/N-ethyl adjacent to an activating group) is 2. The highest BCUT2D eigenvalue weighted by Crippen LogP contribution is 2.23. The minimum atomic E-state index is -0.388. The summed E-state index contributed by atoms with van der Waals surface area (Å²) in [5.74, 6) is 0. The van der Waals surface area contributed by atoms with Crippen LogP contribution in [0.5, 0.6) is 0 Å². The second-order valence-corrected chi connectivity index (χ2v) is 5.18.